The molecule has 28 heavy (non-hydrogen) atoms. The summed E-state index contributed by atoms with van der Waals surface area (Å²) >= 11 is 7.82. The number of anilines is 1. The van der Waals surface area contributed by atoms with E-state index in [2.05, 4.69) is 15.3 Å². The predicted octanol–water partition coefficient (Wildman–Crippen LogP) is 3.94. The van der Waals surface area contributed by atoms with E-state index in [0.717, 1.165) is 65.6 Å². The molecular formula is C20H22ClN5OS. The van der Waals surface area contributed by atoms with Crippen LogP contribution in [0.4, 0.5) is 5.13 Å². The lowest BCUT2D eigenvalue weighted by atomic mass is 9.97. The number of rotatable bonds is 4. The summed E-state index contributed by atoms with van der Waals surface area (Å²) in [6.45, 7) is 3.68. The topological polar surface area (TPSA) is 63.1 Å². The molecule has 3 aromatic rings. The van der Waals surface area contributed by atoms with E-state index < -0.39 is 0 Å². The molecule has 1 aliphatic heterocycles. The number of hydrogen-bond acceptors (Lipinski definition) is 5. The van der Waals surface area contributed by atoms with Crippen molar-refractivity contribution in [3.05, 3.63) is 35.0 Å². The number of piperidine rings is 1. The third-order valence-corrected chi connectivity index (χ3v) is 6.87. The van der Waals surface area contributed by atoms with Crippen molar-refractivity contribution < 1.29 is 4.79 Å². The highest BCUT2D eigenvalue weighted by atomic mass is 35.5. The minimum Gasteiger partial charge on any atom is -0.353 e. The van der Waals surface area contributed by atoms with Crippen molar-refractivity contribution in [2.45, 2.75) is 38.6 Å². The Balaban J connectivity index is 1.43. The molecule has 1 N–H and O–H groups in total. The maximum atomic E-state index is 12.5. The zero-order valence-corrected chi connectivity index (χ0v) is 17.3. The van der Waals surface area contributed by atoms with E-state index >= 15 is 0 Å². The lowest BCUT2D eigenvalue weighted by molar-refractivity contribution is -0.125. The molecule has 146 valence electrons. The van der Waals surface area contributed by atoms with E-state index in [4.69, 9.17) is 16.6 Å². The van der Waals surface area contributed by atoms with Gasteiger partial charge < -0.3 is 10.2 Å². The van der Waals surface area contributed by atoms with Gasteiger partial charge in [0.05, 0.1) is 22.0 Å². The van der Waals surface area contributed by atoms with Gasteiger partial charge in [0, 0.05) is 24.2 Å². The summed E-state index contributed by atoms with van der Waals surface area (Å²) in [6.07, 6.45) is 4.21. The Labute approximate surface area is 172 Å². The molecule has 0 radical (unpaired) electrons. The Morgan fingerprint density at radius 3 is 2.96 bits per heavy atom. The first kappa shape index (κ1) is 17.9. The molecule has 0 bridgehead atoms. The van der Waals surface area contributed by atoms with Gasteiger partial charge in [0.25, 0.3) is 0 Å². The average molecular weight is 416 g/mol. The number of hydrogen-bond donors (Lipinski definition) is 1. The highest BCUT2D eigenvalue weighted by Gasteiger charge is 2.31. The van der Waals surface area contributed by atoms with Crippen LogP contribution in [0.5, 0.6) is 0 Å². The standard InChI is InChI=1S/C20H22ClN5OS/c1-12-17-18(26(24-12)16-6-2-5-14(21)10-16)23-20(28-17)25-9-3-4-13(11-25)19(27)22-15-7-8-15/h2,5-6,10,13,15H,3-4,7-9,11H2,1H3,(H,22,27)/t13-/m0/s1. The molecular weight excluding hydrogens is 394 g/mol. The molecule has 1 atom stereocenters. The van der Waals surface area contributed by atoms with Crippen molar-refractivity contribution in [1.29, 1.82) is 0 Å². The molecule has 1 saturated carbocycles. The molecule has 5 rings (SSSR count). The van der Waals surface area contributed by atoms with Crippen molar-refractivity contribution in [1.82, 2.24) is 20.1 Å². The number of aryl methyl sites for hydroxylation is 1. The van der Waals surface area contributed by atoms with Gasteiger partial charge in [-0.2, -0.15) is 10.1 Å². The smallest absolute Gasteiger partial charge is 0.225 e. The van der Waals surface area contributed by atoms with Crippen LogP contribution in [0, 0.1) is 12.8 Å². The Morgan fingerprint density at radius 1 is 1.32 bits per heavy atom. The van der Waals surface area contributed by atoms with E-state index in [0.29, 0.717) is 11.1 Å². The van der Waals surface area contributed by atoms with Crippen molar-refractivity contribution in [2.24, 2.45) is 5.92 Å². The first-order chi connectivity index (χ1) is 13.6. The van der Waals surface area contributed by atoms with Crippen LogP contribution in [0.2, 0.25) is 5.02 Å². The number of nitrogens with zero attached hydrogens (tertiary/aromatic N) is 4. The van der Waals surface area contributed by atoms with Gasteiger partial charge in [-0.25, -0.2) is 4.68 Å². The maximum absolute atomic E-state index is 12.5. The third-order valence-electron chi connectivity index (χ3n) is 5.42. The molecule has 0 unspecified atom stereocenters. The van der Waals surface area contributed by atoms with Gasteiger partial charge in [0.15, 0.2) is 10.8 Å². The van der Waals surface area contributed by atoms with Crippen LogP contribution in [-0.4, -0.2) is 39.8 Å². The minimum absolute atomic E-state index is 0.0480. The van der Waals surface area contributed by atoms with Crippen LogP contribution in [0.15, 0.2) is 24.3 Å². The highest BCUT2D eigenvalue weighted by Crippen LogP contribution is 2.35. The number of carbonyl (C=O) groups is 1. The molecule has 0 spiro atoms. The van der Waals surface area contributed by atoms with Gasteiger partial charge in [-0.05, 0) is 50.8 Å². The minimum atomic E-state index is 0.0480. The quantitative estimate of drug-likeness (QED) is 0.701. The summed E-state index contributed by atoms with van der Waals surface area (Å²) in [5.41, 5.74) is 2.71. The Bertz CT molecular complexity index is 1040. The van der Waals surface area contributed by atoms with E-state index in [1.54, 1.807) is 11.3 Å². The molecule has 1 aliphatic carbocycles. The van der Waals surface area contributed by atoms with Crippen LogP contribution < -0.4 is 10.2 Å². The van der Waals surface area contributed by atoms with E-state index in [9.17, 15) is 4.79 Å². The lowest BCUT2D eigenvalue weighted by Crippen LogP contribution is -2.43. The number of halogens is 1. The average Bonchev–Trinajstić information content (AvgIpc) is 3.30. The molecule has 2 aliphatic rings. The fourth-order valence-corrected chi connectivity index (χ4v) is 4.96. The molecule has 2 aromatic heterocycles. The van der Waals surface area contributed by atoms with Crippen molar-refractivity contribution in [2.75, 3.05) is 18.0 Å². The SMILES string of the molecule is Cc1nn(-c2cccc(Cl)c2)c2nc(N3CCC[C@H](C(=O)NC4CC4)C3)sc12. The summed E-state index contributed by atoms with van der Waals surface area (Å²) in [5, 5.41) is 9.45. The van der Waals surface area contributed by atoms with Gasteiger partial charge in [0.2, 0.25) is 5.91 Å². The number of amides is 1. The maximum Gasteiger partial charge on any atom is 0.225 e. The van der Waals surface area contributed by atoms with Crippen LogP contribution >= 0.6 is 22.9 Å². The zero-order chi connectivity index (χ0) is 19.3. The zero-order valence-electron chi connectivity index (χ0n) is 15.7. The summed E-state index contributed by atoms with van der Waals surface area (Å²) in [5.74, 6) is 0.251. The van der Waals surface area contributed by atoms with Crippen LogP contribution in [0.1, 0.15) is 31.4 Å². The molecule has 3 heterocycles. The number of carbonyl (C=O) groups excluding carboxylic acids is 1. The normalized spacial score (nSPS) is 19.9. The second-order valence-corrected chi connectivity index (χ2v) is 9.11. The number of fused-ring (bicyclic) bond motifs is 1. The monoisotopic (exact) mass is 415 g/mol. The van der Waals surface area contributed by atoms with Crippen LogP contribution in [0.3, 0.4) is 0 Å². The van der Waals surface area contributed by atoms with Gasteiger partial charge in [-0.3, -0.25) is 4.79 Å². The molecule has 8 heteroatoms. The lowest BCUT2D eigenvalue weighted by Gasteiger charge is -2.31. The van der Waals surface area contributed by atoms with Gasteiger partial charge in [-0.1, -0.05) is 29.0 Å². The Kier molecular flexibility index (Phi) is 4.51. The fourth-order valence-electron chi connectivity index (χ4n) is 3.76. The van der Waals surface area contributed by atoms with Gasteiger partial charge in [-0.15, -0.1) is 0 Å². The second kappa shape index (κ2) is 7.04. The number of nitrogens with one attached hydrogen (secondary N) is 1. The Morgan fingerprint density at radius 2 is 2.18 bits per heavy atom. The number of aromatic nitrogens is 3. The van der Waals surface area contributed by atoms with Gasteiger partial charge in [0.1, 0.15) is 0 Å². The first-order valence-corrected chi connectivity index (χ1v) is 11.0. The van der Waals surface area contributed by atoms with Crippen molar-refractivity contribution in [3.8, 4) is 5.69 Å². The molecule has 6 nitrogen and oxygen atoms in total. The van der Waals surface area contributed by atoms with Crippen LogP contribution in [0.25, 0.3) is 16.0 Å². The van der Waals surface area contributed by atoms with E-state index in [-0.39, 0.29) is 11.8 Å². The summed E-state index contributed by atoms with van der Waals surface area (Å²) in [7, 11) is 0. The predicted molar refractivity (Wildman–Crippen MR) is 113 cm³/mol. The molecule has 2 fully saturated rings. The van der Waals surface area contributed by atoms with E-state index in [1.807, 2.05) is 35.9 Å². The second-order valence-electron chi connectivity index (χ2n) is 7.69. The van der Waals surface area contributed by atoms with Crippen LogP contribution in [-0.2, 0) is 4.79 Å². The molecule has 1 saturated heterocycles. The number of thiazole rings is 1. The third kappa shape index (κ3) is 3.37. The summed E-state index contributed by atoms with van der Waals surface area (Å²) < 4.78 is 2.94. The summed E-state index contributed by atoms with van der Waals surface area (Å²) in [4.78, 5) is 19.6. The fraction of sp³-hybridized carbons (Fsp3) is 0.450. The number of benzene rings is 1. The summed E-state index contributed by atoms with van der Waals surface area (Å²) in [6, 6.07) is 8.06. The largest absolute Gasteiger partial charge is 0.353 e. The molecule has 1 amide bonds. The highest BCUT2D eigenvalue weighted by molar-refractivity contribution is 7.22. The van der Waals surface area contributed by atoms with Crippen molar-refractivity contribution >= 4 is 44.3 Å². The van der Waals surface area contributed by atoms with E-state index in [1.165, 1.54) is 0 Å². The van der Waals surface area contributed by atoms with Crippen molar-refractivity contribution in [3.63, 3.8) is 0 Å². The van der Waals surface area contributed by atoms with Gasteiger partial charge >= 0.3 is 0 Å². The molecule has 1 aromatic carbocycles. The Hall–Kier alpha value is -2.12. The first-order valence-electron chi connectivity index (χ1n) is 9.76.